The van der Waals surface area contributed by atoms with E-state index >= 15 is 0 Å². The summed E-state index contributed by atoms with van der Waals surface area (Å²) in [7, 11) is -3.89. The lowest BCUT2D eigenvalue weighted by Crippen LogP contribution is -2.55. The van der Waals surface area contributed by atoms with Crippen molar-refractivity contribution in [1.82, 2.24) is 10.2 Å². The van der Waals surface area contributed by atoms with Gasteiger partial charge in [0.05, 0.1) is 22.1 Å². The monoisotopic (exact) mass is 510 g/mol. The lowest BCUT2D eigenvalue weighted by molar-refractivity contribution is 0.178. The van der Waals surface area contributed by atoms with E-state index in [9.17, 15) is 12.8 Å². The van der Waals surface area contributed by atoms with Crippen molar-refractivity contribution in [3.8, 4) is 0 Å². The minimum Gasteiger partial charge on any atom is -0.309 e. The summed E-state index contributed by atoms with van der Waals surface area (Å²) in [6, 6.07) is 11.6. The van der Waals surface area contributed by atoms with E-state index in [4.69, 9.17) is 11.6 Å². The average Bonchev–Trinajstić information content (AvgIpc) is 2.86. The van der Waals surface area contributed by atoms with E-state index in [2.05, 4.69) is 24.1 Å². The summed E-state index contributed by atoms with van der Waals surface area (Å²) in [4.78, 5) is 2.28. The first kappa shape index (κ1) is 26.0. The molecule has 1 saturated heterocycles. The summed E-state index contributed by atoms with van der Waals surface area (Å²) < 4.78 is 43.0. The maximum Gasteiger partial charge on any atom is 0.331 e. The fourth-order valence-electron chi connectivity index (χ4n) is 4.18. The number of nitrogens with one attached hydrogen (secondary N) is 1. The molecule has 4 rings (SSSR count). The molecular weight excluding hydrogens is 486 g/mol. The van der Waals surface area contributed by atoms with Crippen molar-refractivity contribution in [2.45, 2.75) is 25.9 Å². The average molecular weight is 512 g/mol. The van der Waals surface area contributed by atoms with Gasteiger partial charge in [-0.15, -0.1) is 24.8 Å². The largest absolute Gasteiger partial charge is 0.331 e. The van der Waals surface area contributed by atoms with Gasteiger partial charge in [-0.2, -0.15) is 8.42 Å². The van der Waals surface area contributed by atoms with Crippen molar-refractivity contribution in [2.24, 2.45) is 0 Å². The molecule has 0 bridgehead atoms. The first-order valence-electron chi connectivity index (χ1n) is 9.63. The number of hydrogen-bond acceptors (Lipinski definition) is 4. The maximum atomic E-state index is 13.5. The first-order valence-corrected chi connectivity index (χ1v) is 11.4. The highest BCUT2D eigenvalue weighted by Crippen LogP contribution is 2.47. The SMILES string of the molecule is C[C@@H]1CN(CCN2c3ccccc3N(c3ccc(F)cc3Cl)S2(=O)=O)C[C@H](C)N1.Cl.Cl. The number of rotatable bonds is 4. The minimum absolute atomic E-state index is 0. The molecule has 0 aromatic heterocycles. The van der Waals surface area contributed by atoms with Gasteiger partial charge in [-0.1, -0.05) is 23.7 Å². The van der Waals surface area contributed by atoms with E-state index in [1.807, 2.05) is 6.07 Å². The van der Waals surface area contributed by atoms with Crippen molar-refractivity contribution in [2.75, 3.05) is 34.8 Å². The summed E-state index contributed by atoms with van der Waals surface area (Å²) in [5.41, 5.74) is 1.36. The van der Waals surface area contributed by atoms with Gasteiger partial charge in [-0.3, -0.25) is 4.90 Å². The van der Waals surface area contributed by atoms with Crippen LogP contribution in [0.15, 0.2) is 42.5 Å². The Kier molecular flexibility index (Phi) is 8.46. The second-order valence-corrected chi connectivity index (χ2v) is 9.77. The van der Waals surface area contributed by atoms with Gasteiger partial charge in [0.2, 0.25) is 0 Å². The van der Waals surface area contributed by atoms with E-state index < -0.39 is 16.0 Å². The van der Waals surface area contributed by atoms with Crippen LogP contribution in [-0.4, -0.2) is 51.6 Å². The molecule has 1 N–H and O–H groups in total. The predicted octanol–water partition coefficient (Wildman–Crippen LogP) is 4.21. The summed E-state index contributed by atoms with van der Waals surface area (Å²) in [6.07, 6.45) is 0. The van der Waals surface area contributed by atoms with Crippen LogP contribution in [0.5, 0.6) is 0 Å². The highest BCUT2D eigenvalue weighted by Gasteiger charge is 2.42. The molecule has 0 amide bonds. The van der Waals surface area contributed by atoms with Crippen LogP contribution >= 0.6 is 36.4 Å². The maximum absolute atomic E-state index is 13.5. The minimum atomic E-state index is -3.89. The normalized spacial score (nSPS) is 22.5. The van der Waals surface area contributed by atoms with Crippen molar-refractivity contribution in [3.05, 3.63) is 53.3 Å². The zero-order valence-electron chi connectivity index (χ0n) is 17.2. The summed E-state index contributed by atoms with van der Waals surface area (Å²) in [6.45, 7) is 6.94. The molecule has 1 fully saturated rings. The van der Waals surface area contributed by atoms with Crippen LogP contribution in [0.4, 0.5) is 21.5 Å². The van der Waals surface area contributed by atoms with Crippen LogP contribution < -0.4 is 13.9 Å². The van der Waals surface area contributed by atoms with Gasteiger partial charge in [-0.05, 0) is 44.2 Å². The van der Waals surface area contributed by atoms with E-state index in [0.29, 0.717) is 36.5 Å². The third kappa shape index (κ3) is 5.05. The van der Waals surface area contributed by atoms with Gasteiger partial charge in [0, 0.05) is 38.3 Å². The molecule has 2 aliphatic rings. The summed E-state index contributed by atoms with van der Waals surface area (Å²) in [5.74, 6) is -0.512. The molecule has 2 aromatic carbocycles. The highest BCUT2D eigenvalue weighted by molar-refractivity contribution is 7.95. The molecule has 2 aromatic rings. The predicted molar refractivity (Wildman–Crippen MR) is 129 cm³/mol. The number of piperazine rings is 1. The second-order valence-electron chi connectivity index (χ2n) is 7.66. The Bertz CT molecular complexity index is 1020. The van der Waals surface area contributed by atoms with Gasteiger partial charge >= 0.3 is 10.2 Å². The molecule has 0 saturated carbocycles. The number of benzene rings is 2. The Morgan fingerprint density at radius 3 is 2.23 bits per heavy atom. The quantitative estimate of drug-likeness (QED) is 0.668. The second kappa shape index (κ2) is 10.1. The fourth-order valence-corrected chi connectivity index (χ4v) is 6.21. The smallest absolute Gasteiger partial charge is 0.309 e. The van der Waals surface area contributed by atoms with Gasteiger partial charge in [0.25, 0.3) is 0 Å². The lowest BCUT2D eigenvalue weighted by atomic mass is 10.1. The van der Waals surface area contributed by atoms with Crippen LogP contribution in [0.1, 0.15) is 13.8 Å². The topological polar surface area (TPSA) is 55.9 Å². The first-order chi connectivity index (χ1) is 13.8. The van der Waals surface area contributed by atoms with Gasteiger partial charge in [0.1, 0.15) is 5.82 Å². The van der Waals surface area contributed by atoms with Crippen molar-refractivity contribution < 1.29 is 12.8 Å². The molecular formula is C20H26Cl3FN4O2S. The summed E-state index contributed by atoms with van der Waals surface area (Å²) >= 11 is 6.20. The number of halogens is 4. The van der Waals surface area contributed by atoms with Crippen LogP contribution in [0.2, 0.25) is 5.02 Å². The Morgan fingerprint density at radius 1 is 1.00 bits per heavy atom. The number of fused-ring (bicyclic) bond motifs is 1. The Morgan fingerprint density at radius 2 is 1.61 bits per heavy atom. The summed E-state index contributed by atoms with van der Waals surface area (Å²) in [5, 5.41) is 3.53. The molecule has 172 valence electrons. The molecule has 0 radical (unpaired) electrons. The van der Waals surface area contributed by atoms with Crippen LogP contribution in [0.3, 0.4) is 0 Å². The third-order valence-electron chi connectivity index (χ3n) is 5.26. The molecule has 0 aliphatic carbocycles. The molecule has 2 heterocycles. The number of anilines is 3. The van der Waals surface area contributed by atoms with E-state index in [1.54, 1.807) is 18.2 Å². The fraction of sp³-hybridized carbons (Fsp3) is 0.400. The van der Waals surface area contributed by atoms with Crippen LogP contribution in [0.25, 0.3) is 0 Å². The molecule has 2 aliphatic heterocycles. The zero-order chi connectivity index (χ0) is 20.8. The van der Waals surface area contributed by atoms with Crippen LogP contribution in [-0.2, 0) is 10.2 Å². The van der Waals surface area contributed by atoms with E-state index in [1.165, 1.54) is 20.7 Å². The van der Waals surface area contributed by atoms with Gasteiger partial charge < -0.3 is 5.32 Å². The molecule has 31 heavy (non-hydrogen) atoms. The molecule has 0 spiro atoms. The molecule has 11 heteroatoms. The van der Waals surface area contributed by atoms with E-state index in [0.717, 1.165) is 19.2 Å². The molecule has 2 atom stereocenters. The molecule has 0 unspecified atom stereocenters. The Labute approximate surface area is 200 Å². The Balaban J connectivity index is 0.00000171. The zero-order valence-corrected chi connectivity index (χ0v) is 20.4. The van der Waals surface area contributed by atoms with E-state index in [-0.39, 0.29) is 35.5 Å². The van der Waals surface area contributed by atoms with Crippen molar-refractivity contribution in [3.63, 3.8) is 0 Å². The Hall–Kier alpha value is -1.29. The number of nitrogens with zero attached hydrogens (tertiary/aromatic N) is 3. The number of hydrogen-bond donors (Lipinski definition) is 1. The van der Waals surface area contributed by atoms with Gasteiger partial charge in [-0.25, -0.2) is 13.0 Å². The van der Waals surface area contributed by atoms with Crippen LogP contribution in [0, 0.1) is 5.82 Å². The number of para-hydroxylation sites is 2. The third-order valence-corrected chi connectivity index (χ3v) is 7.35. The lowest BCUT2D eigenvalue weighted by Gasteiger charge is -2.36. The van der Waals surface area contributed by atoms with Crippen molar-refractivity contribution in [1.29, 1.82) is 0 Å². The standard InChI is InChI=1S/C20H24ClFN4O2S.2ClH/c1-14-12-24(13-15(2)23-14)9-10-25-19-5-3-4-6-20(19)26(29(25,27)28)18-8-7-16(22)11-17(18)21;;/h3-8,11,14-15,23H,9-10,12-13H2,1-2H3;2*1H/t14-,15+;;. The van der Waals surface area contributed by atoms with Crippen molar-refractivity contribution >= 4 is 63.7 Å². The molecule has 6 nitrogen and oxygen atoms in total. The highest BCUT2D eigenvalue weighted by atomic mass is 35.5. The van der Waals surface area contributed by atoms with Gasteiger partial charge in [0.15, 0.2) is 0 Å².